The van der Waals surface area contributed by atoms with E-state index in [2.05, 4.69) is 220 Å². The van der Waals surface area contributed by atoms with Gasteiger partial charge in [0.1, 0.15) is 16.1 Å². The number of aryl methyl sites for hydroxylation is 2. The third kappa shape index (κ3) is 5.27. The molecular weight excluding hydrogens is 709 g/mol. The summed E-state index contributed by atoms with van der Waals surface area (Å²) in [5.74, 6) is 0. The first-order valence-corrected chi connectivity index (χ1v) is 25.9. The fraction of sp³-hybridized carbons (Fsp3) is 0.115. The molecule has 0 aromatic heterocycles. The van der Waals surface area contributed by atoms with Gasteiger partial charge in [-0.2, -0.15) is 0 Å². The Balaban J connectivity index is 1.14. The summed E-state index contributed by atoms with van der Waals surface area (Å²) < 4.78 is 0. The van der Waals surface area contributed by atoms with Crippen molar-refractivity contribution in [3.63, 3.8) is 0 Å². The predicted octanol–water partition coefficient (Wildman–Crippen LogP) is 12.0. The summed E-state index contributed by atoms with van der Waals surface area (Å²) in [6.07, 6.45) is 0. The number of rotatable bonds is 6. The second-order valence-electron chi connectivity index (χ2n) is 16.8. The van der Waals surface area contributed by atoms with Crippen molar-refractivity contribution in [1.29, 1.82) is 0 Å². The zero-order valence-electron chi connectivity index (χ0n) is 33.1. The lowest BCUT2D eigenvalue weighted by atomic mass is 9.90. The Morgan fingerprint density at radius 2 is 0.661 bits per heavy atom. The second kappa shape index (κ2) is 12.8. The summed E-state index contributed by atoms with van der Waals surface area (Å²) >= 11 is 0. The lowest BCUT2D eigenvalue weighted by Gasteiger charge is -2.40. The van der Waals surface area contributed by atoms with Gasteiger partial charge in [-0.05, 0) is 152 Å². The summed E-state index contributed by atoms with van der Waals surface area (Å²) in [6.45, 7) is 14.6. The molecule has 272 valence electrons. The molecule has 2 aliphatic heterocycles. The normalized spacial score (nSPS) is 14.2. The topological polar surface area (TPSA) is 6.48 Å². The number of fused-ring (bicyclic) bond motifs is 4. The molecule has 2 heterocycles. The largest absolute Gasteiger partial charge is 0.311 e. The Kier molecular flexibility index (Phi) is 7.90. The van der Waals surface area contributed by atoms with E-state index in [1.54, 1.807) is 10.4 Å². The maximum atomic E-state index is 2.57. The molecule has 0 saturated carbocycles. The molecule has 2 nitrogen and oxygen atoms in total. The van der Waals surface area contributed by atoms with Crippen LogP contribution in [0.4, 0.5) is 34.1 Å². The van der Waals surface area contributed by atoms with Crippen LogP contribution in [0.1, 0.15) is 11.1 Å². The van der Waals surface area contributed by atoms with Gasteiger partial charge in [0.15, 0.2) is 0 Å². The molecule has 0 saturated heterocycles. The van der Waals surface area contributed by atoms with Crippen molar-refractivity contribution >= 4 is 81.8 Å². The molecule has 0 fully saturated rings. The second-order valence-corrected chi connectivity index (χ2v) is 25.5. The highest BCUT2D eigenvalue weighted by molar-refractivity contribution is 7.05. The Morgan fingerprint density at radius 3 is 1.05 bits per heavy atom. The summed E-state index contributed by atoms with van der Waals surface area (Å²) in [4.78, 5) is 4.84. The van der Waals surface area contributed by atoms with Crippen molar-refractivity contribution in [2.24, 2.45) is 0 Å². The van der Waals surface area contributed by atoms with Gasteiger partial charge in [0, 0.05) is 34.1 Å². The summed E-state index contributed by atoms with van der Waals surface area (Å²) in [5.41, 5.74) is 15.2. The van der Waals surface area contributed by atoms with Crippen LogP contribution in [-0.2, 0) is 0 Å². The fourth-order valence-corrected chi connectivity index (χ4v) is 15.9. The Bertz CT molecular complexity index is 2650. The van der Waals surface area contributed by atoms with Gasteiger partial charge in [-0.25, -0.2) is 0 Å². The molecule has 0 bridgehead atoms. The maximum absolute atomic E-state index is 2.57. The van der Waals surface area contributed by atoms with Crippen LogP contribution < -0.4 is 30.5 Å². The quantitative estimate of drug-likeness (QED) is 0.156. The van der Waals surface area contributed by atoms with Gasteiger partial charge in [0.25, 0.3) is 0 Å². The molecule has 4 heteroatoms. The van der Waals surface area contributed by atoms with Crippen LogP contribution >= 0.6 is 0 Å². The summed E-state index contributed by atoms with van der Waals surface area (Å²) in [6, 6.07) is 63.9. The van der Waals surface area contributed by atoms with Crippen LogP contribution in [0.2, 0.25) is 26.2 Å². The molecule has 0 unspecified atom stereocenters. The summed E-state index contributed by atoms with van der Waals surface area (Å²) in [7, 11) is -4.29. The number of para-hydroxylation sites is 2. The number of hydrogen-bond donors (Lipinski definition) is 0. The van der Waals surface area contributed by atoms with E-state index in [4.69, 9.17) is 0 Å². The van der Waals surface area contributed by atoms with Gasteiger partial charge in [0.2, 0.25) is 0 Å². The molecule has 0 radical (unpaired) electrons. The SMILES string of the molecule is Cc1cccc(N(c2ccccc2)c2ccc3c(c2)[Si](C)(C)c2ccc4c5c(ccc-3c25)-c2ccc(N(c3ccccc3)c3cccc(C)c3)cc2[Si]4(C)C)c1. The van der Waals surface area contributed by atoms with Crippen molar-refractivity contribution < 1.29 is 0 Å². The number of anilines is 6. The van der Waals surface area contributed by atoms with E-state index in [0.717, 1.165) is 0 Å². The highest BCUT2D eigenvalue weighted by Gasteiger charge is 2.42. The Labute approximate surface area is 333 Å². The number of nitrogens with zero attached hydrogens (tertiary/aromatic N) is 2. The zero-order valence-corrected chi connectivity index (χ0v) is 35.1. The maximum Gasteiger partial charge on any atom is 0.113 e. The van der Waals surface area contributed by atoms with Crippen LogP contribution in [0.5, 0.6) is 0 Å². The minimum atomic E-state index is -2.15. The molecule has 56 heavy (non-hydrogen) atoms. The van der Waals surface area contributed by atoms with Crippen LogP contribution in [0, 0.1) is 13.8 Å². The van der Waals surface area contributed by atoms with Gasteiger partial charge in [0.05, 0.1) is 0 Å². The number of benzene rings is 8. The molecule has 10 rings (SSSR count). The van der Waals surface area contributed by atoms with Crippen molar-refractivity contribution in [3.05, 3.63) is 181 Å². The molecule has 0 aliphatic carbocycles. The van der Waals surface area contributed by atoms with E-state index in [9.17, 15) is 0 Å². The van der Waals surface area contributed by atoms with Gasteiger partial charge in [-0.15, -0.1) is 0 Å². The molecule has 0 amide bonds. The van der Waals surface area contributed by atoms with Crippen LogP contribution in [0.25, 0.3) is 33.0 Å². The van der Waals surface area contributed by atoms with E-state index in [-0.39, 0.29) is 0 Å². The Hall–Kier alpha value is -5.95. The Morgan fingerprint density at radius 1 is 0.304 bits per heavy atom. The highest BCUT2D eigenvalue weighted by Crippen LogP contribution is 2.44. The smallest absolute Gasteiger partial charge is 0.113 e. The van der Waals surface area contributed by atoms with E-state index in [1.165, 1.54) is 88.7 Å². The van der Waals surface area contributed by atoms with Gasteiger partial charge in [-0.1, -0.05) is 123 Å². The average molecular weight is 755 g/mol. The van der Waals surface area contributed by atoms with Gasteiger partial charge >= 0.3 is 0 Å². The first kappa shape index (κ1) is 34.5. The van der Waals surface area contributed by atoms with Crippen LogP contribution in [0.15, 0.2) is 170 Å². The van der Waals surface area contributed by atoms with E-state index in [0.29, 0.717) is 0 Å². The van der Waals surface area contributed by atoms with Gasteiger partial charge in [-0.3, -0.25) is 0 Å². The molecular formula is C52H46N2Si2. The summed E-state index contributed by atoms with van der Waals surface area (Å²) in [5, 5.41) is 9.12. The van der Waals surface area contributed by atoms with Crippen LogP contribution in [0.3, 0.4) is 0 Å². The van der Waals surface area contributed by atoms with E-state index in [1.807, 2.05) is 0 Å². The molecule has 8 aromatic carbocycles. The lowest BCUT2D eigenvalue weighted by Crippen LogP contribution is -2.59. The highest BCUT2D eigenvalue weighted by atomic mass is 28.3. The molecule has 0 spiro atoms. The van der Waals surface area contributed by atoms with Crippen molar-refractivity contribution in [3.8, 4) is 22.3 Å². The minimum Gasteiger partial charge on any atom is -0.311 e. The standard InChI is InChI=1S/C52H46N2Si2/c1-35-15-13-21-39(31-35)53(37-17-9-7-10-18-37)41-23-25-43-45-27-28-46-44-26-24-42(54(38-19-11-8-12-20-38)40-22-14-16-36(2)32-40)34-50(44)56(5,6)48-30-29-47(51(45)52(46)48)55(3,4)49(43)33-41/h7-34H,1-6H3. The lowest BCUT2D eigenvalue weighted by molar-refractivity contribution is 1.27. The van der Waals surface area contributed by atoms with E-state index < -0.39 is 16.1 Å². The predicted molar refractivity (Wildman–Crippen MR) is 247 cm³/mol. The molecule has 2 aliphatic rings. The average Bonchev–Trinajstić information content (AvgIpc) is 3.20. The fourth-order valence-electron chi connectivity index (χ4n) is 9.71. The van der Waals surface area contributed by atoms with Crippen molar-refractivity contribution in [2.75, 3.05) is 9.80 Å². The van der Waals surface area contributed by atoms with Gasteiger partial charge < -0.3 is 9.80 Å². The van der Waals surface area contributed by atoms with Crippen molar-refractivity contribution in [1.82, 2.24) is 0 Å². The van der Waals surface area contributed by atoms with E-state index >= 15 is 0 Å². The monoisotopic (exact) mass is 754 g/mol. The van der Waals surface area contributed by atoms with Crippen LogP contribution in [-0.4, -0.2) is 16.1 Å². The third-order valence-corrected chi connectivity index (χ3v) is 19.6. The zero-order chi connectivity index (χ0) is 38.3. The minimum absolute atomic E-state index is 1.17. The molecule has 8 aromatic rings. The number of hydrogen-bond acceptors (Lipinski definition) is 2. The van der Waals surface area contributed by atoms with Crippen molar-refractivity contribution in [2.45, 2.75) is 40.0 Å². The first-order chi connectivity index (χ1) is 27.1. The first-order valence-electron chi connectivity index (χ1n) is 19.9. The molecule has 0 atom stereocenters. The molecule has 0 N–H and O–H groups in total. The third-order valence-electron chi connectivity index (χ3n) is 12.5.